The van der Waals surface area contributed by atoms with Crippen molar-refractivity contribution in [2.75, 3.05) is 6.26 Å². The Labute approximate surface area is 205 Å². The number of aromatic nitrogens is 4. The maximum atomic E-state index is 12.9. The minimum atomic E-state index is -4.39. The van der Waals surface area contributed by atoms with E-state index in [4.69, 9.17) is 4.42 Å². The summed E-state index contributed by atoms with van der Waals surface area (Å²) < 4.78 is 58.1. The summed E-state index contributed by atoms with van der Waals surface area (Å²) in [6.07, 6.45) is -1.05. The molecule has 0 radical (unpaired) electrons. The van der Waals surface area contributed by atoms with E-state index in [0.29, 0.717) is 17.0 Å². The molecule has 1 atom stereocenters. The molecule has 2 heterocycles. The van der Waals surface area contributed by atoms with Crippen molar-refractivity contribution in [3.63, 3.8) is 0 Å². The molecule has 0 saturated carbocycles. The summed E-state index contributed by atoms with van der Waals surface area (Å²) in [5.41, 5.74) is 2.96. The van der Waals surface area contributed by atoms with E-state index in [9.17, 15) is 17.7 Å². The van der Waals surface area contributed by atoms with Crippen molar-refractivity contribution in [3.05, 3.63) is 84.2 Å². The van der Waals surface area contributed by atoms with Gasteiger partial charge in [-0.1, -0.05) is 30.0 Å². The van der Waals surface area contributed by atoms with E-state index in [0.717, 1.165) is 33.7 Å². The number of alkyl halides is 3. The summed E-state index contributed by atoms with van der Waals surface area (Å²) in [4.78, 5) is 5.17. The van der Waals surface area contributed by atoms with Gasteiger partial charge in [0.05, 0.1) is 16.6 Å². The Morgan fingerprint density at radius 1 is 1.03 bits per heavy atom. The maximum Gasteiger partial charge on any atom is 0.416 e. The molecule has 0 spiro atoms. The summed E-state index contributed by atoms with van der Waals surface area (Å²) in [6.45, 7) is 0. The number of fused-ring (bicyclic) bond motifs is 1. The predicted molar refractivity (Wildman–Crippen MR) is 128 cm³/mol. The third-order valence-electron chi connectivity index (χ3n) is 5.26. The van der Waals surface area contributed by atoms with Crippen molar-refractivity contribution in [2.24, 2.45) is 0 Å². The molecule has 0 aliphatic carbocycles. The zero-order chi connectivity index (χ0) is 24.6. The third kappa shape index (κ3) is 5.07. The first kappa shape index (κ1) is 23.5. The third-order valence-corrected chi connectivity index (χ3v) is 7.09. The fourth-order valence-electron chi connectivity index (χ4n) is 3.51. The Morgan fingerprint density at radius 3 is 2.57 bits per heavy atom. The summed E-state index contributed by atoms with van der Waals surface area (Å²) in [6, 6.07) is 18.1. The Balaban J connectivity index is 1.36. The smallest absolute Gasteiger partial charge is 0.416 e. The first-order valence-corrected chi connectivity index (χ1v) is 12.9. The monoisotopic (exact) mass is 514 g/mol. The van der Waals surface area contributed by atoms with Gasteiger partial charge in [-0.05, 0) is 65.3 Å². The van der Waals surface area contributed by atoms with E-state index in [-0.39, 0.29) is 11.0 Å². The number of imidazole rings is 1. The molecule has 178 valence electrons. The molecule has 35 heavy (non-hydrogen) atoms. The second-order valence-corrected chi connectivity index (χ2v) is 9.93. The zero-order valence-corrected chi connectivity index (χ0v) is 19.8. The summed E-state index contributed by atoms with van der Waals surface area (Å²) >= 11 is 0.106. The largest absolute Gasteiger partial charge is 0.612 e. The fourth-order valence-corrected chi connectivity index (χ4v) is 4.74. The molecular formula is C24H17F3N4O2S2. The molecule has 0 aliphatic heterocycles. The fraction of sp³-hybridized carbons (Fsp3) is 0.125. The van der Waals surface area contributed by atoms with Crippen molar-refractivity contribution in [1.82, 2.24) is 19.7 Å². The van der Waals surface area contributed by atoms with E-state index in [1.54, 1.807) is 18.6 Å². The molecule has 5 rings (SSSR count). The van der Waals surface area contributed by atoms with Crippen LogP contribution in [0.15, 0.2) is 87.6 Å². The van der Waals surface area contributed by atoms with Crippen LogP contribution < -0.4 is 0 Å². The summed E-state index contributed by atoms with van der Waals surface area (Å²) in [5, 5.41) is 8.38. The van der Waals surface area contributed by atoms with Crippen LogP contribution in [0.1, 0.15) is 11.1 Å². The van der Waals surface area contributed by atoms with Crippen LogP contribution in [-0.4, -0.2) is 30.6 Å². The zero-order valence-electron chi connectivity index (χ0n) is 18.2. The molecule has 5 aromatic rings. The van der Waals surface area contributed by atoms with Crippen molar-refractivity contribution < 1.29 is 22.1 Å². The first-order chi connectivity index (χ1) is 16.8. The minimum Gasteiger partial charge on any atom is -0.612 e. The number of hydrogen-bond acceptors (Lipinski definition) is 6. The number of hydrogen-bond donors (Lipinski definition) is 0. The van der Waals surface area contributed by atoms with Crippen LogP contribution in [-0.2, 0) is 23.1 Å². The highest BCUT2D eigenvalue weighted by atomic mass is 32.2. The Morgan fingerprint density at radius 2 is 1.83 bits per heavy atom. The van der Waals surface area contributed by atoms with Crippen LogP contribution in [0.2, 0.25) is 0 Å². The molecule has 0 amide bonds. The van der Waals surface area contributed by atoms with Gasteiger partial charge in [-0.25, -0.2) is 4.98 Å². The van der Waals surface area contributed by atoms with Crippen molar-refractivity contribution in [1.29, 1.82) is 0 Å². The molecule has 0 N–H and O–H groups in total. The predicted octanol–water partition coefficient (Wildman–Crippen LogP) is 6.12. The van der Waals surface area contributed by atoms with Crippen LogP contribution in [0.5, 0.6) is 0 Å². The molecule has 1 unspecified atom stereocenters. The van der Waals surface area contributed by atoms with Gasteiger partial charge < -0.3 is 8.97 Å². The van der Waals surface area contributed by atoms with Gasteiger partial charge >= 0.3 is 6.18 Å². The van der Waals surface area contributed by atoms with Gasteiger partial charge in [0.2, 0.25) is 5.89 Å². The second-order valence-electron chi connectivity index (χ2n) is 7.63. The lowest BCUT2D eigenvalue weighted by atomic mass is 10.1. The highest BCUT2D eigenvalue weighted by molar-refractivity contribution is 7.98. The lowest BCUT2D eigenvalue weighted by Crippen LogP contribution is -2.04. The lowest BCUT2D eigenvalue weighted by Gasteiger charge is -2.08. The van der Waals surface area contributed by atoms with Gasteiger partial charge in [0.1, 0.15) is 12.6 Å². The molecule has 0 aliphatic rings. The average Bonchev–Trinajstić information content (AvgIpc) is 3.49. The average molecular weight is 515 g/mol. The standard InChI is InChI=1S/C24H17F3N4O2S2/c1-35(32)19-8-6-18(7-9-19)31-14-28-20-10-5-16(12-21(20)31)22-29-30-23(33-22)34-13-15-3-2-4-17(11-15)24(25,26)27/h2-12,14H,13H2,1H3. The molecule has 3 aromatic carbocycles. The Bertz CT molecular complexity index is 1480. The molecule has 6 nitrogen and oxygen atoms in total. The van der Waals surface area contributed by atoms with Crippen LogP contribution in [0.3, 0.4) is 0 Å². The van der Waals surface area contributed by atoms with Gasteiger partial charge in [-0.2, -0.15) is 13.2 Å². The van der Waals surface area contributed by atoms with Crippen LogP contribution >= 0.6 is 11.8 Å². The minimum absolute atomic E-state index is 0.258. The van der Waals surface area contributed by atoms with Crippen LogP contribution in [0, 0.1) is 0 Å². The molecule has 0 bridgehead atoms. The van der Waals surface area contributed by atoms with Gasteiger partial charge in [-0.3, -0.25) is 4.57 Å². The summed E-state index contributed by atoms with van der Waals surface area (Å²) in [5.74, 6) is 0.554. The number of benzene rings is 3. The van der Waals surface area contributed by atoms with Crippen LogP contribution in [0.25, 0.3) is 28.2 Å². The topological polar surface area (TPSA) is 79.8 Å². The van der Waals surface area contributed by atoms with Crippen molar-refractivity contribution in [3.8, 4) is 17.1 Å². The SMILES string of the molecule is C[S+]([O-])c1ccc(-n2cnc3ccc(-c4nnc(SCc5cccc(C(F)(F)F)c5)o4)cc32)cc1. The normalized spacial score (nSPS) is 12.8. The van der Waals surface area contributed by atoms with Gasteiger partial charge in [0.25, 0.3) is 5.22 Å². The van der Waals surface area contributed by atoms with Gasteiger partial charge in [0.15, 0.2) is 4.90 Å². The lowest BCUT2D eigenvalue weighted by molar-refractivity contribution is -0.137. The first-order valence-electron chi connectivity index (χ1n) is 10.3. The number of thioether (sulfide) groups is 1. The van der Waals surface area contributed by atoms with E-state index in [1.807, 2.05) is 47.0 Å². The van der Waals surface area contributed by atoms with Crippen molar-refractivity contribution >= 4 is 34.0 Å². The number of nitrogens with zero attached hydrogens (tertiary/aromatic N) is 4. The van der Waals surface area contributed by atoms with Crippen LogP contribution in [0.4, 0.5) is 13.2 Å². The highest BCUT2D eigenvalue weighted by Gasteiger charge is 2.30. The Kier molecular flexibility index (Phi) is 6.30. The molecule has 0 fully saturated rings. The molecular weight excluding hydrogens is 497 g/mol. The van der Waals surface area contributed by atoms with E-state index in [2.05, 4.69) is 15.2 Å². The molecule has 11 heteroatoms. The highest BCUT2D eigenvalue weighted by Crippen LogP contribution is 2.32. The second kappa shape index (κ2) is 9.40. The number of halogens is 3. The quantitative estimate of drug-likeness (QED) is 0.201. The van der Waals surface area contributed by atoms with E-state index in [1.165, 1.54) is 17.8 Å². The summed E-state index contributed by atoms with van der Waals surface area (Å²) in [7, 11) is 0. The van der Waals surface area contributed by atoms with E-state index >= 15 is 0 Å². The van der Waals surface area contributed by atoms with E-state index < -0.39 is 22.9 Å². The Hall–Kier alpha value is -3.28. The molecule has 2 aromatic heterocycles. The number of rotatable bonds is 6. The molecule has 0 saturated heterocycles. The van der Waals surface area contributed by atoms with Crippen molar-refractivity contribution in [2.45, 2.75) is 22.0 Å². The maximum absolute atomic E-state index is 12.9. The van der Waals surface area contributed by atoms with Gasteiger partial charge in [0, 0.05) is 17.0 Å². The van der Waals surface area contributed by atoms with Gasteiger partial charge in [-0.15, -0.1) is 10.2 Å².